The highest BCUT2D eigenvalue weighted by molar-refractivity contribution is 5.80. The fraction of sp³-hybridized carbons (Fsp3) is 0.533. The van der Waals surface area contributed by atoms with Crippen molar-refractivity contribution < 1.29 is 9.90 Å². The van der Waals surface area contributed by atoms with Gasteiger partial charge in [-0.05, 0) is 18.4 Å². The maximum atomic E-state index is 11.5. The molecule has 3 N–H and O–H groups in total. The highest BCUT2D eigenvalue weighted by atomic mass is 16.4. The summed E-state index contributed by atoms with van der Waals surface area (Å²) in [6.45, 7) is 2.49. The summed E-state index contributed by atoms with van der Waals surface area (Å²) in [7, 11) is 0. The number of rotatable bonds is 3. The average Bonchev–Trinajstić information content (AvgIpc) is 2.60. The largest absolute Gasteiger partial charge is 0.480 e. The van der Waals surface area contributed by atoms with Gasteiger partial charge in [0.1, 0.15) is 5.54 Å². The quantitative estimate of drug-likeness (QED) is 0.860. The lowest BCUT2D eigenvalue weighted by atomic mass is 9.78. The molecule has 0 amide bonds. The molecule has 3 atom stereocenters. The Morgan fingerprint density at radius 1 is 1.26 bits per heavy atom. The summed E-state index contributed by atoms with van der Waals surface area (Å²) < 4.78 is 0. The fourth-order valence-corrected chi connectivity index (χ4v) is 3.72. The van der Waals surface area contributed by atoms with Crippen LogP contribution in [0.1, 0.15) is 18.4 Å². The molecule has 1 aromatic rings. The SMILES string of the molecule is NC1(C(=O)O)[C@@H]2CC[C@H]1CN(Cc1ccccc1)C2. The zero-order valence-electron chi connectivity index (χ0n) is 11.0. The zero-order chi connectivity index (χ0) is 13.5. The van der Waals surface area contributed by atoms with Crippen LogP contribution in [0.5, 0.6) is 0 Å². The highest BCUT2D eigenvalue weighted by Crippen LogP contribution is 2.43. The maximum Gasteiger partial charge on any atom is 0.324 e. The van der Waals surface area contributed by atoms with E-state index < -0.39 is 11.5 Å². The Hall–Kier alpha value is -1.39. The van der Waals surface area contributed by atoms with Crippen molar-refractivity contribution >= 4 is 5.97 Å². The molecule has 1 saturated heterocycles. The van der Waals surface area contributed by atoms with E-state index in [1.807, 2.05) is 18.2 Å². The molecule has 1 heterocycles. The van der Waals surface area contributed by atoms with Crippen molar-refractivity contribution in [2.45, 2.75) is 24.9 Å². The topological polar surface area (TPSA) is 66.6 Å². The van der Waals surface area contributed by atoms with Gasteiger partial charge < -0.3 is 10.8 Å². The van der Waals surface area contributed by atoms with Gasteiger partial charge in [0, 0.05) is 31.5 Å². The Kier molecular flexibility index (Phi) is 3.07. The Labute approximate surface area is 113 Å². The molecule has 2 fully saturated rings. The predicted molar refractivity (Wildman–Crippen MR) is 72.5 cm³/mol. The van der Waals surface area contributed by atoms with Gasteiger partial charge in [-0.1, -0.05) is 30.3 Å². The molecule has 2 bridgehead atoms. The molecule has 4 nitrogen and oxygen atoms in total. The summed E-state index contributed by atoms with van der Waals surface area (Å²) in [6.07, 6.45) is 1.89. The van der Waals surface area contributed by atoms with Crippen LogP contribution in [0.3, 0.4) is 0 Å². The summed E-state index contributed by atoms with van der Waals surface area (Å²) in [6, 6.07) is 10.3. The first-order chi connectivity index (χ1) is 9.10. The Bertz CT molecular complexity index is 460. The number of carboxylic acid groups (broad SMARTS) is 1. The molecule has 1 saturated carbocycles. The third-order valence-electron chi connectivity index (χ3n) is 4.79. The Morgan fingerprint density at radius 3 is 2.37 bits per heavy atom. The van der Waals surface area contributed by atoms with Gasteiger partial charge in [0.15, 0.2) is 0 Å². The number of hydrogen-bond donors (Lipinski definition) is 2. The van der Waals surface area contributed by atoms with Gasteiger partial charge in [0.25, 0.3) is 0 Å². The second-order valence-corrected chi connectivity index (χ2v) is 5.89. The van der Waals surface area contributed by atoms with Crippen LogP contribution in [0.15, 0.2) is 30.3 Å². The van der Waals surface area contributed by atoms with E-state index in [9.17, 15) is 9.90 Å². The molecular weight excluding hydrogens is 240 g/mol. The van der Waals surface area contributed by atoms with Gasteiger partial charge in [-0.15, -0.1) is 0 Å². The molecule has 1 aliphatic heterocycles. The number of aliphatic carboxylic acids is 1. The first kappa shape index (κ1) is 12.6. The Morgan fingerprint density at radius 2 is 1.84 bits per heavy atom. The number of carbonyl (C=O) groups is 1. The van der Waals surface area contributed by atoms with Gasteiger partial charge in [-0.3, -0.25) is 9.69 Å². The lowest BCUT2D eigenvalue weighted by molar-refractivity contribution is -0.149. The predicted octanol–water partition coefficient (Wildman–Crippen LogP) is 1.31. The number of nitrogens with two attached hydrogens (primary N) is 1. The van der Waals surface area contributed by atoms with Crippen LogP contribution in [-0.2, 0) is 11.3 Å². The number of likely N-dealkylation sites (tertiary alicyclic amines) is 1. The highest BCUT2D eigenvalue weighted by Gasteiger charge is 2.56. The first-order valence-corrected chi connectivity index (χ1v) is 6.89. The van der Waals surface area contributed by atoms with E-state index >= 15 is 0 Å². The van der Waals surface area contributed by atoms with E-state index in [2.05, 4.69) is 17.0 Å². The lowest BCUT2D eigenvalue weighted by Crippen LogP contribution is -2.63. The van der Waals surface area contributed by atoms with Crippen LogP contribution >= 0.6 is 0 Å². The molecule has 1 aliphatic carbocycles. The smallest absolute Gasteiger partial charge is 0.324 e. The van der Waals surface area contributed by atoms with Gasteiger partial charge in [0.05, 0.1) is 0 Å². The van der Waals surface area contributed by atoms with Crippen LogP contribution in [0.25, 0.3) is 0 Å². The standard InChI is InChI=1S/C15H20N2O2/c16-15(14(18)19)12-6-7-13(15)10-17(9-12)8-11-4-2-1-3-5-11/h1-5,12-13H,6-10,16H2,(H,18,19)/t12-,13+,15?. The van der Waals surface area contributed by atoms with E-state index in [0.29, 0.717) is 0 Å². The number of fused-ring (bicyclic) bond motifs is 2. The molecule has 1 unspecified atom stereocenters. The molecule has 1 aromatic carbocycles. The van der Waals surface area contributed by atoms with Crippen molar-refractivity contribution in [3.05, 3.63) is 35.9 Å². The van der Waals surface area contributed by atoms with Gasteiger partial charge in [-0.2, -0.15) is 0 Å². The Balaban J connectivity index is 1.73. The molecule has 0 aromatic heterocycles. The van der Waals surface area contributed by atoms with Crippen molar-refractivity contribution in [2.75, 3.05) is 13.1 Å². The minimum Gasteiger partial charge on any atom is -0.480 e. The molecule has 0 spiro atoms. The van der Waals surface area contributed by atoms with E-state index in [-0.39, 0.29) is 11.8 Å². The second-order valence-electron chi connectivity index (χ2n) is 5.89. The summed E-state index contributed by atoms with van der Waals surface area (Å²) in [4.78, 5) is 13.8. The second kappa shape index (κ2) is 4.62. The molecule has 102 valence electrons. The van der Waals surface area contributed by atoms with Crippen molar-refractivity contribution in [1.82, 2.24) is 4.90 Å². The first-order valence-electron chi connectivity index (χ1n) is 6.89. The van der Waals surface area contributed by atoms with Crippen molar-refractivity contribution in [3.63, 3.8) is 0 Å². The van der Waals surface area contributed by atoms with Gasteiger partial charge >= 0.3 is 5.97 Å². The van der Waals surface area contributed by atoms with Crippen molar-refractivity contribution in [1.29, 1.82) is 0 Å². The maximum absolute atomic E-state index is 11.5. The molecule has 3 rings (SSSR count). The van der Waals surface area contributed by atoms with E-state index in [1.165, 1.54) is 5.56 Å². The molecular formula is C15H20N2O2. The van der Waals surface area contributed by atoms with Crippen LogP contribution in [0.4, 0.5) is 0 Å². The van der Waals surface area contributed by atoms with Crippen LogP contribution in [-0.4, -0.2) is 34.6 Å². The molecule has 19 heavy (non-hydrogen) atoms. The van der Waals surface area contributed by atoms with E-state index in [0.717, 1.165) is 32.5 Å². The summed E-state index contributed by atoms with van der Waals surface area (Å²) >= 11 is 0. The third kappa shape index (κ3) is 2.05. The summed E-state index contributed by atoms with van der Waals surface area (Å²) in [5.74, 6) is -0.640. The molecule has 4 heteroatoms. The van der Waals surface area contributed by atoms with Crippen LogP contribution < -0.4 is 5.73 Å². The van der Waals surface area contributed by atoms with Crippen molar-refractivity contribution in [3.8, 4) is 0 Å². The van der Waals surface area contributed by atoms with E-state index in [4.69, 9.17) is 5.73 Å². The third-order valence-corrected chi connectivity index (χ3v) is 4.79. The average molecular weight is 260 g/mol. The molecule has 0 radical (unpaired) electrons. The van der Waals surface area contributed by atoms with E-state index in [1.54, 1.807) is 0 Å². The zero-order valence-corrected chi connectivity index (χ0v) is 11.0. The monoisotopic (exact) mass is 260 g/mol. The fourth-order valence-electron chi connectivity index (χ4n) is 3.72. The van der Waals surface area contributed by atoms with Crippen LogP contribution in [0.2, 0.25) is 0 Å². The summed E-state index contributed by atoms with van der Waals surface area (Å²) in [5, 5.41) is 9.41. The number of carboxylic acids is 1. The summed E-state index contributed by atoms with van der Waals surface area (Å²) in [5.41, 5.74) is 6.47. The number of benzene rings is 1. The lowest BCUT2D eigenvalue weighted by Gasteiger charge is -2.42. The normalized spacial score (nSPS) is 34.4. The number of hydrogen-bond acceptors (Lipinski definition) is 3. The van der Waals surface area contributed by atoms with Gasteiger partial charge in [0.2, 0.25) is 0 Å². The molecule has 2 aliphatic rings. The minimum absolute atomic E-state index is 0.0902. The van der Waals surface area contributed by atoms with Crippen molar-refractivity contribution in [2.24, 2.45) is 17.6 Å². The number of nitrogens with zero attached hydrogens (tertiary/aromatic N) is 1. The minimum atomic E-state index is -0.993. The van der Waals surface area contributed by atoms with Gasteiger partial charge in [-0.25, -0.2) is 0 Å². The number of piperidine rings is 1. The van der Waals surface area contributed by atoms with Crippen LogP contribution in [0, 0.1) is 11.8 Å².